The Morgan fingerprint density at radius 2 is 2.19 bits per heavy atom. The van der Waals surface area contributed by atoms with Crippen molar-refractivity contribution in [1.29, 1.82) is 0 Å². The molecule has 0 unspecified atom stereocenters. The van der Waals surface area contributed by atoms with Crippen molar-refractivity contribution in [3.8, 4) is 0 Å². The summed E-state index contributed by atoms with van der Waals surface area (Å²) in [5, 5.41) is 9.26. The van der Waals surface area contributed by atoms with Crippen LogP contribution >= 0.6 is 0 Å². The van der Waals surface area contributed by atoms with E-state index in [1.807, 2.05) is 13.8 Å². The van der Waals surface area contributed by atoms with E-state index in [1.165, 1.54) is 17.4 Å². The van der Waals surface area contributed by atoms with E-state index in [2.05, 4.69) is 9.97 Å². The lowest BCUT2D eigenvalue weighted by molar-refractivity contribution is -0.143. The zero-order chi connectivity index (χ0) is 15.6. The van der Waals surface area contributed by atoms with Gasteiger partial charge in [-0.1, -0.05) is 13.8 Å². The van der Waals surface area contributed by atoms with Crippen LogP contribution in [0.1, 0.15) is 19.4 Å². The second-order valence-electron chi connectivity index (χ2n) is 5.73. The van der Waals surface area contributed by atoms with Gasteiger partial charge in [-0.2, -0.15) is 0 Å². The molecule has 21 heavy (non-hydrogen) atoms. The Morgan fingerprint density at radius 3 is 2.71 bits per heavy atom. The molecule has 0 saturated carbocycles. The quantitative estimate of drug-likeness (QED) is 0.821. The summed E-state index contributed by atoms with van der Waals surface area (Å²) >= 11 is 0. The first kappa shape index (κ1) is 15.2. The summed E-state index contributed by atoms with van der Waals surface area (Å²) in [4.78, 5) is 42.9. The average Bonchev–Trinajstić information content (AvgIpc) is 2.87. The fraction of sp³-hybridized carbons (Fsp3) is 0.571. The number of amides is 1. The van der Waals surface area contributed by atoms with Crippen molar-refractivity contribution in [3.05, 3.63) is 28.4 Å². The SMILES string of the molecule is CC(C)[C@@H]1CN(C(=O)Cc2cnc[nH]c2=O)C[C@H]1C(=O)O. The van der Waals surface area contributed by atoms with Gasteiger partial charge < -0.3 is 15.0 Å². The predicted molar refractivity (Wildman–Crippen MR) is 74.6 cm³/mol. The number of H-pyrrole nitrogens is 1. The lowest BCUT2D eigenvalue weighted by atomic mass is 9.86. The van der Waals surface area contributed by atoms with Gasteiger partial charge in [0.1, 0.15) is 0 Å². The molecule has 2 heterocycles. The average molecular weight is 293 g/mol. The van der Waals surface area contributed by atoms with Crippen molar-refractivity contribution >= 4 is 11.9 Å². The number of carbonyl (C=O) groups excluding carboxylic acids is 1. The van der Waals surface area contributed by atoms with Crippen LogP contribution in [0.25, 0.3) is 0 Å². The van der Waals surface area contributed by atoms with Crippen molar-refractivity contribution in [2.75, 3.05) is 13.1 Å². The smallest absolute Gasteiger partial charge is 0.308 e. The molecule has 2 rings (SSSR count). The largest absolute Gasteiger partial charge is 0.481 e. The number of aromatic amines is 1. The van der Waals surface area contributed by atoms with Crippen molar-refractivity contribution in [3.63, 3.8) is 0 Å². The van der Waals surface area contributed by atoms with Crippen LogP contribution in [0, 0.1) is 17.8 Å². The number of carboxylic acids is 1. The third kappa shape index (κ3) is 3.29. The molecule has 1 aliphatic rings. The lowest BCUT2D eigenvalue weighted by Gasteiger charge is -2.18. The highest BCUT2D eigenvalue weighted by Gasteiger charge is 2.40. The zero-order valence-corrected chi connectivity index (χ0v) is 12.1. The highest BCUT2D eigenvalue weighted by molar-refractivity contribution is 5.80. The van der Waals surface area contributed by atoms with Gasteiger partial charge in [-0.3, -0.25) is 14.4 Å². The molecule has 2 atom stereocenters. The second-order valence-corrected chi connectivity index (χ2v) is 5.73. The van der Waals surface area contributed by atoms with Crippen LogP contribution in [-0.2, 0) is 16.0 Å². The van der Waals surface area contributed by atoms with E-state index < -0.39 is 11.9 Å². The minimum absolute atomic E-state index is 0.0552. The molecule has 7 heteroatoms. The van der Waals surface area contributed by atoms with Crippen LogP contribution in [0.5, 0.6) is 0 Å². The summed E-state index contributed by atoms with van der Waals surface area (Å²) in [7, 11) is 0. The summed E-state index contributed by atoms with van der Waals surface area (Å²) in [5.41, 5.74) is -0.0462. The summed E-state index contributed by atoms with van der Waals surface area (Å²) in [5.74, 6) is -1.52. The molecule has 2 N–H and O–H groups in total. The maximum Gasteiger partial charge on any atom is 0.308 e. The highest BCUT2D eigenvalue weighted by Crippen LogP contribution is 2.30. The summed E-state index contributed by atoms with van der Waals surface area (Å²) in [6, 6.07) is 0. The van der Waals surface area contributed by atoms with Crippen LogP contribution < -0.4 is 5.56 Å². The Labute approximate surface area is 122 Å². The Balaban J connectivity index is 2.09. The Bertz CT molecular complexity index is 596. The topological polar surface area (TPSA) is 103 Å². The van der Waals surface area contributed by atoms with Crippen LogP contribution in [-0.4, -0.2) is 44.9 Å². The Hall–Kier alpha value is -2.18. The zero-order valence-electron chi connectivity index (χ0n) is 12.1. The fourth-order valence-electron chi connectivity index (χ4n) is 2.74. The molecule has 114 valence electrons. The molecule has 1 aromatic heterocycles. The molecular weight excluding hydrogens is 274 g/mol. The molecule has 0 aliphatic carbocycles. The fourth-order valence-corrected chi connectivity index (χ4v) is 2.74. The van der Waals surface area contributed by atoms with E-state index in [9.17, 15) is 19.5 Å². The van der Waals surface area contributed by atoms with Gasteiger partial charge in [-0.05, 0) is 11.8 Å². The molecule has 1 amide bonds. The number of carboxylic acid groups (broad SMARTS) is 1. The molecule has 1 aliphatic heterocycles. The highest BCUT2D eigenvalue weighted by atomic mass is 16.4. The minimum atomic E-state index is -0.872. The molecule has 0 radical (unpaired) electrons. The third-order valence-corrected chi connectivity index (χ3v) is 4.03. The van der Waals surface area contributed by atoms with Crippen LogP contribution in [0.2, 0.25) is 0 Å². The van der Waals surface area contributed by atoms with E-state index in [0.29, 0.717) is 12.1 Å². The normalized spacial score (nSPS) is 21.8. The molecule has 1 saturated heterocycles. The molecule has 0 aromatic carbocycles. The van der Waals surface area contributed by atoms with Crippen molar-refractivity contribution in [1.82, 2.24) is 14.9 Å². The van der Waals surface area contributed by atoms with Gasteiger partial charge in [0.25, 0.3) is 5.56 Å². The second kappa shape index (κ2) is 6.07. The number of nitrogens with zero attached hydrogens (tertiary/aromatic N) is 2. The van der Waals surface area contributed by atoms with Gasteiger partial charge in [0.2, 0.25) is 5.91 Å². The Morgan fingerprint density at radius 1 is 1.48 bits per heavy atom. The predicted octanol–water partition coefficient (Wildman–Crippen LogP) is 0.128. The number of aliphatic carboxylic acids is 1. The lowest BCUT2D eigenvalue weighted by Crippen LogP contribution is -2.32. The van der Waals surface area contributed by atoms with E-state index >= 15 is 0 Å². The first-order valence-electron chi connectivity index (χ1n) is 6.92. The monoisotopic (exact) mass is 293 g/mol. The third-order valence-electron chi connectivity index (χ3n) is 4.03. The number of nitrogens with one attached hydrogen (secondary N) is 1. The molecule has 0 spiro atoms. The summed E-state index contributed by atoms with van der Waals surface area (Å²) < 4.78 is 0. The molecule has 0 bridgehead atoms. The van der Waals surface area contributed by atoms with Gasteiger partial charge in [-0.25, -0.2) is 4.98 Å². The number of aromatic nitrogens is 2. The summed E-state index contributed by atoms with van der Waals surface area (Å²) in [6.45, 7) is 4.54. The number of likely N-dealkylation sites (tertiary alicyclic amines) is 1. The molecule has 1 fully saturated rings. The van der Waals surface area contributed by atoms with Gasteiger partial charge in [0.05, 0.1) is 18.7 Å². The number of hydrogen-bond donors (Lipinski definition) is 2. The van der Waals surface area contributed by atoms with Crippen molar-refractivity contribution < 1.29 is 14.7 Å². The van der Waals surface area contributed by atoms with Crippen molar-refractivity contribution in [2.24, 2.45) is 17.8 Å². The van der Waals surface area contributed by atoms with E-state index in [4.69, 9.17) is 0 Å². The first-order valence-corrected chi connectivity index (χ1v) is 6.92. The van der Waals surface area contributed by atoms with Gasteiger partial charge >= 0.3 is 5.97 Å². The summed E-state index contributed by atoms with van der Waals surface area (Å²) in [6.07, 6.45) is 2.57. The molecule has 1 aromatic rings. The number of carbonyl (C=O) groups is 2. The van der Waals surface area contributed by atoms with E-state index in [1.54, 1.807) is 0 Å². The van der Waals surface area contributed by atoms with E-state index in [-0.39, 0.29) is 36.3 Å². The maximum absolute atomic E-state index is 12.3. The standard InChI is InChI=1S/C14H19N3O4/c1-8(2)10-5-17(6-11(10)14(20)21)12(18)3-9-4-15-7-16-13(9)19/h4,7-8,10-11H,3,5-6H2,1-2H3,(H,20,21)(H,15,16,19)/t10-,11+/m0/s1. The minimum Gasteiger partial charge on any atom is -0.481 e. The number of rotatable bonds is 4. The Kier molecular flexibility index (Phi) is 4.40. The van der Waals surface area contributed by atoms with Crippen LogP contribution in [0.3, 0.4) is 0 Å². The van der Waals surface area contributed by atoms with Gasteiger partial charge in [0.15, 0.2) is 0 Å². The van der Waals surface area contributed by atoms with Crippen LogP contribution in [0.15, 0.2) is 17.3 Å². The first-order chi connectivity index (χ1) is 9.90. The van der Waals surface area contributed by atoms with Crippen molar-refractivity contribution in [2.45, 2.75) is 20.3 Å². The van der Waals surface area contributed by atoms with Gasteiger partial charge in [0, 0.05) is 24.8 Å². The van der Waals surface area contributed by atoms with Gasteiger partial charge in [-0.15, -0.1) is 0 Å². The number of hydrogen-bond acceptors (Lipinski definition) is 4. The van der Waals surface area contributed by atoms with Crippen LogP contribution in [0.4, 0.5) is 0 Å². The molecular formula is C14H19N3O4. The molecule has 7 nitrogen and oxygen atoms in total. The maximum atomic E-state index is 12.3. The van der Waals surface area contributed by atoms with E-state index in [0.717, 1.165) is 0 Å².